The number of carbonyl (C=O) groups excluding carboxylic acids is 1. The first-order valence-electron chi connectivity index (χ1n) is 8.06. The number of unbranched alkanes of at least 4 members (excludes halogenated alkanes) is 4. The summed E-state index contributed by atoms with van der Waals surface area (Å²) in [5, 5.41) is 3.81. The zero-order valence-electron chi connectivity index (χ0n) is 14.0. The largest absolute Gasteiger partial charge is 0.493 e. The zero-order valence-corrected chi connectivity index (χ0v) is 14.7. The fraction of sp³-hybridized carbons (Fsp3) is 0.588. The Morgan fingerprint density at radius 2 is 2.00 bits per heavy atom. The molecule has 0 saturated carbocycles. The van der Waals surface area contributed by atoms with E-state index < -0.39 is 5.91 Å². The molecule has 0 bridgehead atoms. The number of rotatable bonds is 12. The average molecular weight is 343 g/mol. The maximum Gasteiger partial charge on any atom is 0.255 e. The highest BCUT2D eigenvalue weighted by atomic mass is 35.5. The molecule has 130 valence electrons. The van der Waals surface area contributed by atoms with Gasteiger partial charge in [0.25, 0.3) is 5.91 Å². The second kappa shape index (κ2) is 11.1. The third-order valence-electron chi connectivity index (χ3n) is 3.43. The SMILES string of the molecule is CCCCCCCNCc1cc(Cl)c(OCC(N)=O)c(OC)c1. The summed E-state index contributed by atoms with van der Waals surface area (Å²) < 4.78 is 10.6. The van der Waals surface area contributed by atoms with E-state index in [1.54, 1.807) is 0 Å². The molecule has 23 heavy (non-hydrogen) atoms. The molecule has 1 amide bonds. The van der Waals surface area contributed by atoms with E-state index in [4.69, 9.17) is 26.8 Å². The van der Waals surface area contributed by atoms with Crippen molar-refractivity contribution < 1.29 is 14.3 Å². The van der Waals surface area contributed by atoms with Gasteiger partial charge in [-0.05, 0) is 30.7 Å². The van der Waals surface area contributed by atoms with Gasteiger partial charge in [0.15, 0.2) is 18.1 Å². The summed E-state index contributed by atoms with van der Waals surface area (Å²) in [4.78, 5) is 10.8. The van der Waals surface area contributed by atoms with Crippen LogP contribution in [0.3, 0.4) is 0 Å². The van der Waals surface area contributed by atoms with Gasteiger partial charge in [0.2, 0.25) is 0 Å². The molecular formula is C17H27ClN2O3. The molecule has 0 spiro atoms. The van der Waals surface area contributed by atoms with Crippen molar-refractivity contribution in [1.29, 1.82) is 0 Å². The van der Waals surface area contributed by atoms with Crippen LogP contribution >= 0.6 is 11.6 Å². The molecule has 0 unspecified atom stereocenters. The van der Waals surface area contributed by atoms with Crippen molar-refractivity contribution in [3.63, 3.8) is 0 Å². The fourth-order valence-corrected chi connectivity index (χ4v) is 2.53. The summed E-state index contributed by atoms with van der Waals surface area (Å²) in [5.41, 5.74) is 6.08. The lowest BCUT2D eigenvalue weighted by molar-refractivity contribution is -0.119. The van der Waals surface area contributed by atoms with Gasteiger partial charge in [-0.3, -0.25) is 4.79 Å². The lowest BCUT2D eigenvalue weighted by Crippen LogP contribution is -2.20. The second-order valence-corrected chi connectivity index (χ2v) is 5.86. The normalized spacial score (nSPS) is 10.6. The number of benzene rings is 1. The van der Waals surface area contributed by atoms with Crippen molar-refractivity contribution in [2.45, 2.75) is 45.6 Å². The van der Waals surface area contributed by atoms with Crippen molar-refractivity contribution in [3.8, 4) is 11.5 Å². The molecule has 0 heterocycles. The third kappa shape index (κ3) is 7.57. The predicted molar refractivity (Wildman–Crippen MR) is 93.2 cm³/mol. The van der Waals surface area contributed by atoms with E-state index in [2.05, 4.69) is 12.2 Å². The number of nitrogens with two attached hydrogens (primary N) is 1. The van der Waals surface area contributed by atoms with Crippen LogP contribution in [0.2, 0.25) is 5.02 Å². The molecule has 5 nitrogen and oxygen atoms in total. The minimum atomic E-state index is -0.558. The van der Waals surface area contributed by atoms with Crippen LogP contribution in [0.25, 0.3) is 0 Å². The lowest BCUT2D eigenvalue weighted by Gasteiger charge is -2.13. The first kappa shape index (κ1) is 19.6. The van der Waals surface area contributed by atoms with E-state index in [1.807, 2.05) is 12.1 Å². The quantitative estimate of drug-likeness (QED) is 0.572. The van der Waals surface area contributed by atoms with Crippen LogP contribution in [-0.2, 0) is 11.3 Å². The van der Waals surface area contributed by atoms with Gasteiger partial charge in [-0.2, -0.15) is 0 Å². The highest BCUT2D eigenvalue weighted by molar-refractivity contribution is 6.32. The number of methoxy groups -OCH3 is 1. The van der Waals surface area contributed by atoms with Gasteiger partial charge >= 0.3 is 0 Å². The van der Waals surface area contributed by atoms with Crippen LogP contribution in [0.1, 0.15) is 44.6 Å². The van der Waals surface area contributed by atoms with Gasteiger partial charge in [0.1, 0.15) is 0 Å². The summed E-state index contributed by atoms with van der Waals surface area (Å²) in [6, 6.07) is 3.66. The number of nitrogens with one attached hydrogen (secondary N) is 1. The minimum Gasteiger partial charge on any atom is -0.493 e. The molecule has 0 radical (unpaired) electrons. The number of ether oxygens (including phenoxy) is 2. The molecule has 0 atom stereocenters. The number of primary amides is 1. The van der Waals surface area contributed by atoms with Crippen molar-refractivity contribution in [2.75, 3.05) is 20.3 Å². The molecule has 0 saturated heterocycles. The van der Waals surface area contributed by atoms with Crippen LogP contribution in [0.4, 0.5) is 0 Å². The lowest BCUT2D eigenvalue weighted by atomic mass is 10.1. The van der Waals surface area contributed by atoms with Gasteiger partial charge in [0, 0.05) is 6.54 Å². The summed E-state index contributed by atoms with van der Waals surface area (Å²) in [7, 11) is 1.54. The first-order valence-corrected chi connectivity index (χ1v) is 8.44. The minimum absolute atomic E-state index is 0.231. The molecular weight excluding hydrogens is 316 g/mol. The number of amides is 1. The van der Waals surface area contributed by atoms with Crippen LogP contribution in [0, 0.1) is 0 Å². The highest BCUT2D eigenvalue weighted by Crippen LogP contribution is 2.36. The maximum absolute atomic E-state index is 10.8. The van der Waals surface area contributed by atoms with E-state index in [-0.39, 0.29) is 6.61 Å². The van der Waals surface area contributed by atoms with Gasteiger partial charge in [-0.15, -0.1) is 0 Å². The molecule has 3 N–H and O–H groups in total. The molecule has 0 aromatic heterocycles. The molecule has 0 aliphatic carbocycles. The zero-order chi connectivity index (χ0) is 17.1. The van der Waals surface area contributed by atoms with Gasteiger partial charge in [0.05, 0.1) is 12.1 Å². The van der Waals surface area contributed by atoms with Crippen LogP contribution in [-0.4, -0.2) is 26.2 Å². The molecule has 0 aliphatic rings. The van der Waals surface area contributed by atoms with Crippen LogP contribution < -0.4 is 20.5 Å². The smallest absolute Gasteiger partial charge is 0.255 e. The molecule has 0 aliphatic heterocycles. The average Bonchev–Trinajstić information content (AvgIpc) is 2.52. The summed E-state index contributed by atoms with van der Waals surface area (Å²) in [6.07, 6.45) is 6.29. The van der Waals surface area contributed by atoms with E-state index in [9.17, 15) is 4.79 Å². The number of halogens is 1. The van der Waals surface area contributed by atoms with Crippen LogP contribution in [0.15, 0.2) is 12.1 Å². The van der Waals surface area contributed by atoms with Gasteiger partial charge in [-0.25, -0.2) is 0 Å². The number of hydrogen-bond donors (Lipinski definition) is 2. The van der Waals surface area contributed by atoms with E-state index in [0.717, 1.165) is 12.1 Å². The Kier molecular flexibility index (Phi) is 9.48. The predicted octanol–water partition coefficient (Wildman–Crippen LogP) is 3.27. The van der Waals surface area contributed by atoms with Gasteiger partial charge < -0.3 is 20.5 Å². The van der Waals surface area contributed by atoms with Crippen LogP contribution in [0.5, 0.6) is 11.5 Å². The monoisotopic (exact) mass is 342 g/mol. The summed E-state index contributed by atoms with van der Waals surface area (Å²) in [5.74, 6) is 0.284. The molecule has 1 rings (SSSR count). The van der Waals surface area contributed by atoms with E-state index in [0.29, 0.717) is 23.1 Å². The fourth-order valence-electron chi connectivity index (χ4n) is 2.24. The molecule has 1 aromatic carbocycles. The Bertz CT molecular complexity index is 495. The Labute approximate surface area is 143 Å². The van der Waals surface area contributed by atoms with Crippen molar-refractivity contribution >= 4 is 17.5 Å². The Balaban J connectivity index is 2.50. The topological polar surface area (TPSA) is 73.6 Å². The van der Waals surface area contributed by atoms with Crippen molar-refractivity contribution in [2.24, 2.45) is 5.73 Å². The Morgan fingerprint density at radius 1 is 1.26 bits per heavy atom. The second-order valence-electron chi connectivity index (χ2n) is 5.46. The molecule has 1 aromatic rings. The first-order chi connectivity index (χ1) is 11.1. The van der Waals surface area contributed by atoms with E-state index >= 15 is 0 Å². The summed E-state index contributed by atoms with van der Waals surface area (Å²) >= 11 is 6.21. The highest BCUT2D eigenvalue weighted by Gasteiger charge is 2.13. The standard InChI is InChI=1S/C17H27ClN2O3/c1-3-4-5-6-7-8-20-11-13-9-14(18)17(15(10-13)22-2)23-12-16(19)21/h9-10,20H,3-8,11-12H2,1-2H3,(H2,19,21). The maximum atomic E-state index is 10.8. The van der Waals surface area contributed by atoms with E-state index in [1.165, 1.54) is 39.2 Å². The third-order valence-corrected chi connectivity index (χ3v) is 3.71. The van der Waals surface area contributed by atoms with Gasteiger partial charge in [-0.1, -0.05) is 44.2 Å². The molecule has 0 fully saturated rings. The Morgan fingerprint density at radius 3 is 2.65 bits per heavy atom. The Hall–Kier alpha value is -1.46. The number of hydrogen-bond acceptors (Lipinski definition) is 4. The van der Waals surface area contributed by atoms with Crippen molar-refractivity contribution in [3.05, 3.63) is 22.7 Å². The number of carbonyl (C=O) groups is 1. The van der Waals surface area contributed by atoms with Crippen molar-refractivity contribution in [1.82, 2.24) is 5.32 Å². The summed E-state index contributed by atoms with van der Waals surface area (Å²) in [6.45, 7) is 3.67. The molecule has 6 heteroatoms.